The monoisotopic (exact) mass is 324 g/mol. The molecular weight excluding hydrogens is 288 g/mol. The quantitative estimate of drug-likeness (QED) is 0.261. The highest BCUT2D eigenvalue weighted by atomic mass is 16.4. The first-order chi connectivity index (χ1) is 11.2. The van der Waals surface area contributed by atoms with E-state index in [2.05, 4.69) is 6.92 Å². The number of ketones is 1. The van der Waals surface area contributed by atoms with Crippen molar-refractivity contribution in [1.29, 1.82) is 0 Å². The molecule has 0 atom stereocenters. The molecule has 0 radical (unpaired) electrons. The van der Waals surface area contributed by atoms with Crippen LogP contribution < -0.4 is 0 Å². The predicted molar refractivity (Wildman–Crippen MR) is 96.7 cm³/mol. The zero-order chi connectivity index (χ0) is 17.2. The molecular formula is C20H36O3. The molecule has 0 amide bonds. The van der Waals surface area contributed by atoms with Crippen molar-refractivity contribution < 1.29 is 14.7 Å². The average molecular weight is 325 g/mol. The molecule has 0 aromatic carbocycles. The van der Waals surface area contributed by atoms with Gasteiger partial charge >= 0.3 is 5.97 Å². The van der Waals surface area contributed by atoms with Gasteiger partial charge in [-0.15, -0.1) is 0 Å². The Morgan fingerprint density at radius 1 is 0.739 bits per heavy atom. The minimum atomic E-state index is -0.831. The van der Waals surface area contributed by atoms with Crippen LogP contribution in [0.15, 0.2) is 12.2 Å². The maximum atomic E-state index is 11.4. The van der Waals surface area contributed by atoms with Crippen molar-refractivity contribution in [1.82, 2.24) is 0 Å². The summed E-state index contributed by atoms with van der Waals surface area (Å²) in [5, 5.41) is 8.50. The van der Waals surface area contributed by atoms with Crippen molar-refractivity contribution in [3.05, 3.63) is 12.2 Å². The Balaban J connectivity index is 3.24. The van der Waals surface area contributed by atoms with Crippen molar-refractivity contribution in [2.75, 3.05) is 0 Å². The smallest absolute Gasteiger partial charge is 0.303 e. The van der Waals surface area contributed by atoms with E-state index < -0.39 is 5.97 Å². The van der Waals surface area contributed by atoms with E-state index in [4.69, 9.17) is 5.11 Å². The topological polar surface area (TPSA) is 54.4 Å². The summed E-state index contributed by atoms with van der Waals surface area (Å²) in [5.74, 6) is -0.780. The Bertz CT molecular complexity index is 321. The molecule has 0 bridgehead atoms. The summed E-state index contributed by atoms with van der Waals surface area (Å²) in [6, 6.07) is 0. The number of carboxylic acid groups (broad SMARTS) is 1. The summed E-state index contributed by atoms with van der Waals surface area (Å²) in [6.45, 7) is 2.25. The van der Waals surface area contributed by atoms with Crippen LogP contribution in [0.25, 0.3) is 0 Å². The highest BCUT2D eigenvalue weighted by molar-refractivity contribution is 5.89. The molecule has 134 valence electrons. The number of aliphatic carboxylic acids is 1. The molecule has 23 heavy (non-hydrogen) atoms. The molecule has 0 aromatic heterocycles. The molecule has 3 heteroatoms. The lowest BCUT2D eigenvalue weighted by atomic mass is 10.1. The third-order valence-corrected chi connectivity index (χ3v) is 4.09. The van der Waals surface area contributed by atoms with Gasteiger partial charge in [-0.2, -0.15) is 0 Å². The first-order valence-corrected chi connectivity index (χ1v) is 9.58. The zero-order valence-corrected chi connectivity index (χ0v) is 15.0. The number of rotatable bonds is 17. The highest BCUT2D eigenvalue weighted by Crippen LogP contribution is 2.12. The molecule has 0 rings (SSSR count). The Morgan fingerprint density at radius 2 is 1.26 bits per heavy atom. The van der Waals surface area contributed by atoms with Crippen LogP contribution in [0.2, 0.25) is 0 Å². The molecule has 0 saturated carbocycles. The Hall–Kier alpha value is -1.12. The SMILES string of the molecule is CCCCCCCCCCCCCC=CC(=O)CCCC(=O)O. The van der Waals surface area contributed by atoms with Gasteiger partial charge in [0.2, 0.25) is 0 Å². The van der Waals surface area contributed by atoms with E-state index in [1.807, 2.05) is 6.08 Å². The average Bonchev–Trinajstić information content (AvgIpc) is 2.51. The van der Waals surface area contributed by atoms with Crippen LogP contribution in [0.1, 0.15) is 103 Å². The summed E-state index contributed by atoms with van der Waals surface area (Å²) in [5.41, 5.74) is 0. The first-order valence-electron chi connectivity index (χ1n) is 9.58. The number of carbonyl (C=O) groups excluding carboxylic acids is 1. The van der Waals surface area contributed by atoms with Crippen molar-refractivity contribution in [2.45, 2.75) is 103 Å². The molecule has 0 spiro atoms. The molecule has 0 saturated heterocycles. The van der Waals surface area contributed by atoms with Gasteiger partial charge in [-0.1, -0.05) is 77.2 Å². The third kappa shape index (κ3) is 18.8. The Kier molecular flexibility index (Phi) is 16.4. The second-order valence-electron chi connectivity index (χ2n) is 6.44. The summed E-state index contributed by atoms with van der Waals surface area (Å²) in [4.78, 5) is 21.8. The standard InChI is InChI=1S/C20H36O3/c1-2-3-4-5-6-7-8-9-10-11-12-13-14-16-19(21)17-15-18-20(22)23/h14,16H,2-13,15,17-18H2,1H3,(H,22,23). The van der Waals surface area contributed by atoms with Gasteiger partial charge in [0.15, 0.2) is 5.78 Å². The van der Waals surface area contributed by atoms with Crippen molar-refractivity contribution in [3.63, 3.8) is 0 Å². The number of carbonyl (C=O) groups is 2. The van der Waals surface area contributed by atoms with Crippen LogP contribution in [0.5, 0.6) is 0 Å². The van der Waals surface area contributed by atoms with Crippen LogP contribution in [0.4, 0.5) is 0 Å². The molecule has 0 heterocycles. The first kappa shape index (κ1) is 21.9. The Labute approximate surface area is 142 Å². The van der Waals surface area contributed by atoms with Gasteiger partial charge in [-0.25, -0.2) is 0 Å². The summed E-state index contributed by atoms with van der Waals surface area (Å²) >= 11 is 0. The lowest BCUT2D eigenvalue weighted by molar-refractivity contribution is -0.137. The molecule has 0 unspecified atom stereocenters. The fourth-order valence-corrected chi connectivity index (χ4v) is 2.64. The van der Waals surface area contributed by atoms with Crippen molar-refractivity contribution in [2.24, 2.45) is 0 Å². The van der Waals surface area contributed by atoms with E-state index in [1.54, 1.807) is 6.08 Å². The highest BCUT2D eigenvalue weighted by Gasteiger charge is 2.00. The molecule has 3 nitrogen and oxygen atoms in total. The van der Waals surface area contributed by atoms with E-state index in [-0.39, 0.29) is 12.2 Å². The van der Waals surface area contributed by atoms with Gasteiger partial charge in [0.05, 0.1) is 0 Å². The maximum absolute atomic E-state index is 11.4. The molecule has 0 aliphatic rings. The number of hydrogen-bond donors (Lipinski definition) is 1. The van der Waals surface area contributed by atoms with E-state index in [0.29, 0.717) is 12.8 Å². The van der Waals surface area contributed by atoms with Crippen LogP contribution in [-0.4, -0.2) is 16.9 Å². The van der Waals surface area contributed by atoms with Gasteiger partial charge in [0.25, 0.3) is 0 Å². The van der Waals surface area contributed by atoms with Crippen LogP contribution in [-0.2, 0) is 9.59 Å². The number of hydrogen-bond acceptors (Lipinski definition) is 2. The summed E-state index contributed by atoms with van der Waals surface area (Å²) < 4.78 is 0. The third-order valence-electron chi connectivity index (χ3n) is 4.09. The van der Waals surface area contributed by atoms with E-state index in [0.717, 1.165) is 12.8 Å². The van der Waals surface area contributed by atoms with Crippen LogP contribution >= 0.6 is 0 Å². The molecule has 0 aliphatic carbocycles. The Morgan fingerprint density at radius 3 is 1.78 bits per heavy atom. The predicted octanol–water partition coefficient (Wildman–Crippen LogP) is 6.07. The normalized spacial score (nSPS) is 11.2. The van der Waals surface area contributed by atoms with Crippen LogP contribution in [0.3, 0.4) is 0 Å². The van der Waals surface area contributed by atoms with Gasteiger partial charge in [-0.05, 0) is 25.3 Å². The second kappa shape index (κ2) is 17.2. The largest absolute Gasteiger partial charge is 0.481 e. The zero-order valence-electron chi connectivity index (χ0n) is 15.0. The lowest BCUT2D eigenvalue weighted by Crippen LogP contribution is -1.98. The summed E-state index contributed by atoms with van der Waals surface area (Å²) in [7, 11) is 0. The van der Waals surface area contributed by atoms with E-state index in [1.165, 1.54) is 64.2 Å². The molecule has 0 aliphatic heterocycles. The molecule has 0 aromatic rings. The van der Waals surface area contributed by atoms with Gasteiger partial charge in [0.1, 0.15) is 0 Å². The van der Waals surface area contributed by atoms with E-state index in [9.17, 15) is 9.59 Å². The number of allylic oxidation sites excluding steroid dienone is 2. The fourth-order valence-electron chi connectivity index (χ4n) is 2.64. The van der Waals surface area contributed by atoms with Gasteiger partial charge in [0, 0.05) is 12.8 Å². The fraction of sp³-hybridized carbons (Fsp3) is 0.800. The summed E-state index contributed by atoms with van der Waals surface area (Å²) in [6.07, 6.45) is 20.1. The minimum Gasteiger partial charge on any atom is -0.481 e. The van der Waals surface area contributed by atoms with Gasteiger partial charge < -0.3 is 5.11 Å². The number of carboxylic acids is 1. The maximum Gasteiger partial charge on any atom is 0.303 e. The molecule has 1 N–H and O–H groups in total. The molecule has 0 fully saturated rings. The van der Waals surface area contributed by atoms with Crippen molar-refractivity contribution >= 4 is 11.8 Å². The second-order valence-corrected chi connectivity index (χ2v) is 6.44. The number of unbranched alkanes of at least 4 members (excludes halogenated alkanes) is 11. The van der Waals surface area contributed by atoms with Gasteiger partial charge in [-0.3, -0.25) is 9.59 Å². The van der Waals surface area contributed by atoms with Crippen LogP contribution in [0, 0.1) is 0 Å². The van der Waals surface area contributed by atoms with Crippen molar-refractivity contribution in [3.8, 4) is 0 Å². The minimum absolute atomic E-state index is 0.0503. The van der Waals surface area contributed by atoms with E-state index >= 15 is 0 Å². The lowest BCUT2D eigenvalue weighted by Gasteiger charge is -2.01.